The molecule has 156 valence electrons. The number of nitrogens with one attached hydrogen (secondary N) is 2. The van der Waals surface area contributed by atoms with Crippen LogP contribution in [0.1, 0.15) is 23.3 Å². The van der Waals surface area contributed by atoms with E-state index in [1.54, 1.807) is 37.3 Å². The topological polar surface area (TPSA) is 96.6 Å². The summed E-state index contributed by atoms with van der Waals surface area (Å²) in [4.78, 5) is 27.5. The average Bonchev–Trinajstić information content (AvgIpc) is 3.22. The Hall–Kier alpha value is -3.55. The standard InChI is InChI=1S/C22H24N4O4/c1-29-15-7-8-19(30-2)18(13-15)23-21(27)14-9-11-26(12-10-14)22(28)20-16-5-3-4-6-17(16)24-25-20/h3-8,13-14H,9-12H2,1-2H3,(H,23,27)(H,24,25). The molecule has 0 radical (unpaired) electrons. The fraction of sp³-hybridized carbons (Fsp3) is 0.318. The highest BCUT2D eigenvalue weighted by molar-refractivity contribution is 6.04. The minimum Gasteiger partial charge on any atom is -0.497 e. The average molecular weight is 408 g/mol. The molecule has 1 aliphatic rings. The molecule has 0 unspecified atom stereocenters. The summed E-state index contributed by atoms with van der Waals surface area (Å²) >= 11 is 0. The molecule has 1 aliphatic heterocycles. The maximum absolute atomic E-state index is 12.9. The highest BCUT2D eigenvalue weighted by atomic mass is 16.5. The van der Waals surface area contributed by atoms with Crippen LogP contribution in [-0.2, 0) is 4.79 Å². The minimum atomic E-state index is -0.180. The smallest absolute Gasteiger partial charge is 0.274 e. The van der Waals surface area contributed by atoms with Gasteiger partial charge < -0.3 is 19.7 Å². The third-order valence-electron chi connectivity index (χ3n) is 5.49. The van der Waals surface area contributed by atoms with Gasteiger partial charge in [0.15, 0.2) is 5.69 Å². The molecule has 1 aromatic heterocycles. The largest absolute Gasteiger partial charge is 0.497 e. The first-order chi connectivity index (χ1) is 14.6. The van der Waals surface area contributed by atoms with Crippen LogP contribution < -0.4 is 14.8 Å². The van der Waals surface area contributed by atoms with Crippen LogP contribution in [0.4, 0.5) is 5.69 Å². The zero-order chi connectivity index (χ0) is 21.1. The van der Waals surface area contributed by atoms with E-state index in [2.05, 4.69) is 15.5 Å². The normalized spacial score (nSPS) is 14.5. The zero-order valence-electron chi connectivity index (χ0n) is 17.0. The number of benzene rings is 2. The van der Waals surface area contributed by atoms with Crippen molar-refractivity contribution in [1.82, 2.24) is 15.1 Å². The first-order valence-corrected chi connectivity index (χ1v) is 9.86. The summed E-state index contributed by atoms with van der Waals surface area (Å²) in [6.07, 6.45) is 1.18. The van der Waals surface area contributed by atoms with E-state index < -0.39 is 0 Å². The number of fused-ring (bicyclic) bond motifs is 1. The van der Waals surface area contributed by atoms with E-state index in [0.29, 0.717) is 48.8 Å². The van der Waals surface area contributed by atoms with Crippen LogP contribution in [0.15, 0.2) is 42.5 Å². The number of ether oxygens (including phenoxy) is 2. The van der Waals surface area contributed by atoms with Crippen molar-refractivity contribution in [3.8, 4) is 11.5 Å². The Kier molecular flexibility index (Phi) is 5.56. The van der Waals surface area contributed by atoms with Crippen molar-refractivity contribution >= 4 is 28.4 Å². The van der Waals surface area contributed by atoms with Gasteiger partial charge in [0.05, 0.1) is 25.4 Å². The molecule has 2 aromatic carbocycles. The van der Waals surface area contributed by atoms with Gasteiger partial charge in [0.2, 0.25) is 5.91 Å². The fourth-order valence-corrected chi connectivity index (χ4v) is 3.77. The van der Waals surface area contributed by atoms with Crippen LogP contribution >= 0.6 is 0 Å². The lowest BCUT2D eigenvalue weighted by molar-refractivity contribution is -0.121. The van der Waals surface area contributed by atoms with E-state index in [1.165, 1.54) is 0 Å². The molecule has 8 nitrogen and oxygen atoms in total. The number of aromatic amines is 1. The summed E-state index contributed by atoms with van der Waals surface area (Å²) in [7, 11) is 3.13. The second-order valence-electron chi connectivity index (χ2n) is 7.24. The summed E-state index contributed by atoms with van der Waals surface area (Å²) in [5.74, 6) is 0.834. The number of methoxy groups -OCH3 is 2. The molecular formula is C22H24N4O4. The molecular weight excluding hydrogens is 384 g/mol. The number of hydrogen-bond acceptors (Lipinski definition) is 5. The number of hydrogen-bond donors (Lipinski definition) is 2. The number of likely N-dealkylation sites (tertiary alicyclic amines) is 1. The van der Waals surface area contributed by atoms with Gasteiger partial charge in [-0.2, -0.15) is 5.10 Å². The van der Waals surface area contributed by atoms with Crippen molar-refractivity contribution in [2.75, 3.05) is 32.6 Å². The zero-order valence-corrected chi connectivity index (χ0v) is 17.0. The van der Waals surface area contributed by atoms with Crippen LogP contribution in [0, 0.1) is 5.92 Å². The quantitative estimate of drug-likeness (QED) is 0.676. The van der Waals surface area contributed by atoms with E-state index in [1.807, 2.05) is 24.3 Å². The minimum absolute atomic E-state index is 0.0844. The van der Waals surface area contributed by atoms with E-state index in [4.69, 9.17) is 9.47 Å². The third-order valence-corrected chi connectivity index (χ3v) is 5.49. The summed E-state index contributed by atoms with van der Waals surface area (Å²) in [6, 6.07) is 12.8. The summed E-state index contributed by atoms with van der Waals surface area (Å²) in [6.45, 7) is 1.01. The number of amides is 2. The van der Waals surface area contributed by atoms with Gasteiger partial charge in [0, 0.05) is 30.5 Å². The lowest BCUT2D eigenvalue weighted by Crippen LogP contribution is -2.41. The summed E-state index contributed by atoms with van der Waals surface area (Å²) in [5, 5.41) is 10.8. The van der Waals surface area contributed by atoms with Crippen molar-refractivity contribution < 1.29 is 19.1 Å². The third kappa shape index (κ3) is 3.80. The van der Waals surface area contributed by atoms with Crippen molar-refractivity contribution in [3.05, 3.63) is 48.2 Å². The first kappa shape index (κ1) is 19.8. The fourth-order valence-electron chi connectivity index (χ4n) is 3.77. The van der Waals surface area contributed by atoms with Crippen LogP contribution in [0.25, 0.3) is 10.9 Å². The number of carbonyl (C=O) groups excluding carboxylic acids is 2. The van der Waals surface area contributed by atoms with Crippen molar-refractivity contribution in [1.29, 1.82) is 0 Å². The maximum Gasteiger partial charge on any atom is 0.274 e. The predicted octanol–water partition coefficient (Wildman–Crippen LogP) is 3.07. The number of piperidine rings is 1. The molecule has 0 spiro atoms. The summed E-state index contributed by atoms with van der Waals surface area (Å²) < 4.78 is 10.6. The molecule has 3 aromatic rings. The number of rotatable bonds is 5. The Labute approximate surface area is 174 Å². The Morgan fingerprint density at radius 1 is 1.10 bits per heavy atom. The van der Waals surface area contributed by atoms with Gasteiger partial charge in [-0.05, 0) is 31.0 Å². The number of aromatic nitrogens is 2. The molecule has 4 rings (SSSR count). The number of carbonyl (C=O) groups is 2. The number of para-hydroxylation sites is 1. The molecule has 0 bridgehead atoms. The highest BCUT2D eigenvalue weighted by Gasteiger charge is 2.29. The Morgan fingerprint density at radius 2 is 1.87 bits per heavy atom. The Bertz CT molecular complexity index is 1070. The molecule has 2 N–H and O–H groups in total. The molecule has 0 atom stereocenters. The number of H-pyrrole nitrogens is 1. The van der Waals surface area contributed by atoms with E-state index in [-0.39, 0.29) is 17.7 Å². The van der Waals surface area contributed by atoms with E-state index in [0.717, 1.165) is 10.9 Å². The molecule has 8 heteroatoms. The molecule has 1 saturated heterocycles. The van der Waals surface area contributed by atoms with Crippen molar-refractivity contribution in [2.45, 2.75) is 12.8 Å². The van der Waals surface area contributed by atoms with Gasteiger partial charge in [-0.15, -0.1) is 0 Å². The maximum atomic E-state index is 12.9. The Balaban J connectivity index is 1.40. The molecule has 2 amide bonds. The molecule has 0 saturated carbocycles. The van der Waals surface area contributed by atoms with Crippen LogP contribution in [0.5, 0.6) is 11.5 Å². The van der Waals surface area contributed by atoms with Gasteiger partial charge in [-0.25, -0.2) is 0 Å². The Morgan fingerprint density at radius 3 is 2.60 bits per heavy atom. The SMILES string of the molecule is COc1ccc(OC)c(NC(=O)C2CCN(C(=O)c3n[nH]c4ccccc34)CC2)c1. The van der Waals surface area contributed by atoms with E-state index in [9.17, 15) is 9.59 Å². The lowest BCUT2D eigenvalue weighted by atomic mass is 9.95. The molecule has 30 heavy (non-hydrogen) atoms. The highest BCUT2D eigenvalue weighted by Crippen LogP contribution is 2.30. The lowest BCUT2D eigenvalue weighted by Gasteiger charge is -2.31. The van der Waals surface area contributed by atoms with Crippen LogP contribution in [0.3, 0.4) is 0 Å². The molecule has 1 fully saturated rings. The van der Waals surface area contributed by atoms with Crippen molar-refractivity contribution in [2.24, 2.45) is 5.92 Å². The predicted molar refractivity (Wildman–Crippen MR) is 113 cm³/mol. The number of anilines is 1. The molecule has 0 aliphatic carbocycles. The number of nitrogens with zero attached hydrogens (tertiary/aromatic N) is 2. The first-order valence-electron chi connectivity index (χ1n) is 9.86. The van der Waals surface area contributed by atoms with Crippen molar-refractivity contribution in [3.63, 3.8) is 0 Å². The van der Waals surface area contributed by atoms with Gasteiger partial charge in [-0.1, -0.05) is 18.2 Å². The van der Waals surface area contributed by atoms with Gasteiger partial charge in [0.1, 0.15) is 11.5 Å². The summed E-state index contributed by atoms with van der Waals surface area (Å²) in [5.41, 5.74) is 1.83. The van der Waals surface area contributed by atoms with E-state index >= 15 is 0 Å². The van der Waals surface area contributed by atoms with Crippen LogP contribution in [-0.4, -0.2) is 54.2 Å². The second-order valence-corrected chi connectivity index (χ2v) is 7.24. The van der Waals surface area contributed by atoms with Crippen LogP contribution in [0.2, 0.25) is 0 Å². The second kappa shape index (κ2) is 8.44. The van der Waals surface area contributed by atoms with Gasteiger partial charge >= 0.3 is 0 Å². The molecule has 2 heterocycles. The van der Waals surface area contributed by atoms with Gasteiger partial charge in [0.25, 0.3) is 5.91 Å². The van der Waals surface area contributed by atoms with Gasteiger partial charge in [-0.3, -0.25) is 14.7 Å². The monoisotopic (exact) mass is 408 g/mol.